The molecule has 0 bridgehead atoms. The zero-order valence-corrected chi connectivity index (χ0v) is 18.9. The minimum absolute atomic E-state index is 0. The first-order chi connectivity index (χ1) is 12.6. The van der Waals surface area contributed by atoms with Crippen LogP contribution in [0.15, 0.2) is 27.8 Å². The van der Waals surface area contributed by atoms with E-state index in [4.69, 9.17) is 4.42 Å². The fourth-order valence-electron chi connectivity index (χ4n) is 4.09. The first-order valence-electron chi connectivity index (χ1n) is 10.1. The average molecular weight is 490 g/mol. The molecule has 0 radical (unpaired) electrons. The van der Waals surface area contributed by atoms with Gasteiger partial charge in [0.2, 0.25) is 0 Å². The molecule has 2 aliphatic rings. The number of furan rings is 1. The number of hydrogen-bond acceptors (Lipinski definition) is 4. The van der Waals surface area contributed by atoms with Crippen molar-refractivity contribution in [3.8, 4) is 0 Å². The number of hydrogen-bond donors (Lipinski definition) is 3. The molecule has 3 rings (SSSR count). The van der Waals surface area contributed by atoms with Gasteiger partial charge in [0.1, 0.15) is 11.4 Å². The maximum Gasteiger partial charge on any atom is 0.191 e. The van der Waals surface area contributed by atoms with Crippen molar-refractivity contribution in [2.45, 2.75) is 70.1 Å². The maximum atomic E-state index is 10.6. The summed E-state index contributed by atoms with van der Waals surface area (Å²) in [7, 11) is 0. The van der Waals surface area contributed by atoms with Gasteiger partial charge in [-0.05, 0) is 51.7 Å². The number of piperidine rings is 1. The van der Waals surface area contributed by atoms with Crippen molar-refractivity contribution in [2.24, 2.45) is 4.99 Å². The van der Waals surface area contributed by atoms with Crippen LogP contribution in [0.3, 0.4) is 0 Å². The number of rotatable bonds is 6. The Balaban J connectivity index is 0.00000261. The van der Waals surface area contributed by atoms with Crippen molar-refractivity contribution in [1.29, 1.82) is 0 Å². The van der Waals surface area contributed by atoms with Crippen molar-refractivity contribution >= 4 is 29.9 Å². The van der Waals surface area contributed by atoms with Crippen LogP contribution in [-0.4, -0.2) is 54.2 Å². The second-order valence-corrected chi connectivity index (χ2v) is 7.84. The third-order valence-corrected chi connectivity index (χ3v) is 5.65. The molecule has 154 valence electrons. The first-order valence-corrected chi connectivity index (χ1v) is 10.1. The number of nitrogens with one attached hydrogen (secondary N) is 2. The molecule has 0 aromatic carbocycles. The van der Waals surface area contributed by atoms with Gasteiger partial charge in [0.15, 0.2) is 5.96 Å². The lowest BCUT2D eigenvalue weighted by Gasteiger charge is -2.36. The number of guanidine groups is 1. The summed E-state index contributed by atoms with van der Waals surface area (Å²) in [6.45, 7) is 7.20. The van der Waals surface area contributed by atoms with Crippen LogP contribution in [-0.2, 0) is 5.60 Å². The van der Waals surface area contributed by atoms with E-state index >= 15 is 0 Å². The predicted octanol–water partition coefficient (Wildman–Crippen LogP) is 3.07. The van der Waals surface area contributed by atoms with Crippen molar-refractivity contribution in [3.05, 3.63) is 24.2 Å². The van der Waals surface area contributed by atoms with Crippen LogP contribution < -0.4 is 10.6 Å². The van der Waals surface area contributed by atoms with E-state index in [1.165, 1.54) is 38.8 Å². The molecular formula is C20H35IN4O2. The molecule has 3 N–H and O–H groups in total. The molecule has 2 fully saturated rings. The van der Waals surface area contributed by atoms with Gasteiger partial charge < -0.3 is 25.1 Å². The zero-order valence-electron chi connectivity index (χ0n) is 16.6. The van der Waals surface area contributed by atoms with Crippen LogP contribution >= 0.6 is 24.0 Å². The van der Waals surface area contributed by atoms with Gasteiger partial charge in [-0.3, -0.25) is 0 Å². The smallest absolute Gasteiger partial charge is 0.191 e. The average Bonchev–Trinajstić information content (AvgIpc) is 3.34. The van der Waals surface area contributed by atoms with Crippen LogP contribution in [0.1, 0.15) is 58.1 Å². The summed E-state index contributed by atoms with van der Waals surface area (Å²) in [6.07, 6.45) is 9.43. The van der Waals surface area contributed by atoms with Crippen LogP contribution in [0.2, 0.25) is 0 Å². The quantitative estimate of drug-likeness (QED) is 0.325. The van der Waals surface area contributed by atoms with Gasteiger partial charge in [-0.25, -0.2) is 4.99 Å². The highest BCUT2D eigenvalue weighted by atomic mass is 127. The van der Waals surface area contributed by atoms with Gasteiger partial charge in [0, 0.05) is 31.7 Å². The Kier molecular flexibility index (Phi) is 8.88. The molecule has 27 heavy (non-hydrogen) atoms. The Morgan fingerprint density at radius 3 is 2.59 bits per heavy atom. The van der Waals surface area contributed by atoms with Crippen LogP contribution in [0.25, 0.3) is 0 Å². The molecule has 1 aliphatic heterocycles. The highest BCUT2D eigenvalue weighted by molar-refractivity contribution is 14.0. The highest BCUT2D eigenvalue weighted by Gasteiger charge is 2.28. The van der Waals surface area contributed by atoms with Gasteiger partial charge >= 0.3 is 0 Å². The van der Waals surface area contributed by atoms with Crippen molar-refractivity contribution in [2.75, 3.05) is 26.2 Å². The second kappa shape index (κ2) is 10.7. The number of nitrogens with zero attached hydrogens (tertiary/aromatic N) is 2. The summed E-state index contributed by atoms with van der Waals surface area (Å²) in [6, 6.07) is 4.84. The molecule has 0 amide bonds. The summed E-state index contributed by atoms with van der Waals surface area (Å²) in [4.78, 5) is 7.28. The Bertz CT molecular complexity index is 563. The van der Waals surface area contributed by atoms with Gasteiger partial charge in [-0.1, -0.05) is 12.8 Å². The lowest BCUT2D eigenvalue weighted by molar-refractivity contribution is 0.0436. The fraction of sp³-hybridized carbons (Fsp3) is 0.750. The topological polar surface area (TPSA) is 73.0 Å². The Hall–Kier alpha value is -0.800. The monoisotopic (exact) mass is 490 g/mol. The van der Waals surface area contributed by atoms with E-state index in [1.807, 2.05) is 0 Å². The number of aliphatic imine (C=N–C) groups is 1. The molecular weight excluding hydrogens is 455 g/mol. The Labute approximate surface area is 180 Å². The van der Waals surface area contributed by atoms with Crippen LogP contribution in [0.5, 0.6) is 0 Å². The standard InChI is InChI=1S/C20H34N4O2.HI/c1-3-21-19(22-15-20(2,25)18-9-6-14-26-18)23-16-10-12-24(13-11-16)17-7-4-5-8-17;/h6,9,14,16-17,25H,3-5,7-8,10-13,15H2,1-2H3,(H2,21,22,23);1H. The molecule has 1 aromatic rings. The molecule has 1 saturated heterocycles. The Morgan fingerprint density at radius 2 is 2.00 bits per heavy atom. The van der Waals surface area contributed by atoms with E-state index in [2.05, 4.69) is 27.4 Å². The normalized spacial score (nSPS) is 22.3. The lowest BCUT2D eigenvalue weighted by atomic mass is 10.0. The largest absolute Gasteiger partial charge is 0.466 e. The van der Waals surface area contributed by atoms with E-state index in [9.17, 15) is 5.11 Å². The van der Waals surface area contributed by atoms with E-state index in [0.29, 0.717) is 11.8 Å². The zero-order chi connectivity index (χ0) is 18.4. The third kappa shape index (κ3) is 6.35. The molecule has 1 aromatic heterocycles. The molecule has 7 heteroatoms. The molecule has 1 saturated carbocycles. The first kappa shape index (κ1) is 22.5. The second-order valence-electron chi connectivity index (χ2n) is 7.84. The number of aliphatic hydroxyl groups is 1. The summed E-state index contributed by atoms with van der Waals surface area (Å²) in [5, 5.41) is 17.4. The summed E-state index contributed by atoms with van der Waals surface area (Å²) in [5.41, 5.74) is -1.10. The SMILES string of the molecule is CCNC(=NCC(C)(O)c1ccco1)NC1CCN(C2CCCC2)CC1.I. The van der Waals surface area contributed by atoms with Gasteiger partial charge in [-0.15, -0.1) is 24.0 Å². The van der Waals surface area contributed by atoms with Gasteiger partial charge in [0.05, 0.1) is 12.8 Å². The molecule has 1 unspecified atom stereocenters. The summed E-state index contributed by atoms with van der Waals surface area (Å²) >= 11 is 0. The van der Waals surface area contributed by atoms with E-state index in [0.717, 1.165) is 31.4 Å². The molecule has 2 heterocycles. The van der Waals surface area contributed by atoms with Crippen molar-refractivity contribution in [3.63, 3.8) is 0 Å². The highest BCUT2D eigenvalue weighted by Crippen LogP contribution is 2.26. The molecule has 0 spiro atoms. The molecule has 6 nitrogen and oxygen atoms in total. The number of halogens is 1. The molecule has 1 atom stereocenters. The van der Waals surface area contributed by atoms with E-state index < -0.39 is 5.60 Å². The minimum Gasteiger partial charge on any atom is -0.466 e. The molecule has 1 aliphatic carbocycles. The summed E-state index contributed by atoms with van der Waals surface area (Å²) < 4.78 is 5.34. The predicted molar refractivity (Wildman–Crippen MR) is 120 cm³/mol. The number of likely N-dealkylation sites (tertiary alicyclic amines) is 1. The van der Waals surface area contributed by atoms with E-state index in [1.54, 1.807) is 25.3 Å². The van der Waals surface area contributed by atoms with Crippen molar-refractivity contribution in [1.82, 2.24) is 15.5 Å². The van der Waals surface area contributed by atoms with Gasteiger partial charge in [0.25, 0.3) is 0 Å². The summed E-state index contributed by atoms with van der Waals surface area (Å²) in [5.74, 6) is 1.32. The fourth-order valence-corrected chi connectivity index (χ4v) is 4.09. The van der Waals surface area contributed by atoms with Crippen LogP contribution in [0.4, 0.5) is 0 Å². The third-order valence-electron chi connectivity index (χ3n) is 5.65. The van der Waals surface area contributed by atoms with Crippen LogP contribution in [0, 0.1) is 0 Å². The van der Waals surface area contributed by atoms with Crippen molar-refractivity contribution < 1.29 is 9.52 Å². The van der Waals surface area contributed by atoms with Gasteiger partial charge in [-0.2, -0.15) is 0 Å². The maximum absolute atomic E-state index is 10.6. The Morgan fingerprint density at radius 1 is 1.30 bits per heavy atom. The minimum atomic E-state index is -1.10. The van der Waals surface area contributed by atoms with E-state index in [-0.39, 0.29) is 30.5 Å². The lowest BCUT2D eigenvalue weighted by Crippen LogP contribution is -2.50.